The van der Waals surface area contributed by atoms with E-state index in [2.05, 4.69) is 28.4 Å². The predicted octanol–water partition coefficient (Wildman–Crippen LogP) is -0.981. The minimum absolute atomic E-state index is 0.175. The maximum atomic E-state index is 11.0. The van der Waals surface area contributed by atoms with Crippen LogP contribution in [0.3, 0.4) is 0 Å². The number of carbonyl (C=O) groups excluding carboxylic acids is 2. The molecule has 0 saturated carbocycles. The molecule has 0 heterocycles. The third-order valence-electron chi connectivity index (χ3n) is 1.31. The topological polar surface area (TPSA) is 118 Å². The smallest absolute Gasteiger partial charge is 0.392 e. The molecule has 2 N–H and O–H groups in total. The second-order valence-electron chi connectivity index (χ2n) is 2.85. The largest absolute Gasteiger partial charge is 0.472 e. The summed E-state index contributed by atoms with van der Waals surface area (Å²) in [6, 6.07) is 0. The van der Waals surface area contributed by atoms with E-state index in [1.807, 2.05) is 11.8 Å². The maximum absolute atomic E-state index is 11.0. The van der Waals surface area contributed by atoms with Crippen LogP contribution in [0, 0.1) is 47.4 Å². The van der Waals surface area contributed by atoms with E-state index in [9.17, 15) is 19.2 Å². The molecule has 21 heavy (non-hydrogen) atoms. The van der Waals surface area contributed by atoms with Gasteiger partial charge in [-0.2, -0.15) is 0 Å². The van der Waals surface area contributed by atoms with Gasteiger partial charge in [-0.15, -0.1) is 0 Å². The molecule has 0 aliphatic rings. The van der Waals surface area contributed by atoms with Crippen molar-refractivity contribution in [2.24, 2.45) is 0 Å². The first-order valence-electron chi connectivity index (χ1n) is 5.09. The Labute approximate surface area is 119 Å². The average molecular weight is 286 g/mol. The third kappa shape index (κ3) is 12.6. The standard InChI is InChI=1S/C14H6O7/c15-11(16)7-3-1-5-9-13(19)21-14(20)10-6-2-4-8-12(17)18/h1-2H2,(H,15,16)(H,17,18). The molecule has 0 atom stereocenters. The zero-order valence-corrected chi connectivity index (χ0v) is 10.3. The SMILES string of the molecule is O=C(O)C#CCC#CC(=O)OC(=O)C#CCC#CC(=O)O. The Morgan fingerprint density at radius 2 is 1.00 bits per heavy atom. The molecular weight excluding hydrogens is 280 g/mol. The van der Waals surface area contributed by atoms with Gasteiger partial charge in [-0.05, 0) is 0 Å². The van der Waals surface area contributed by atoms with Crippen LogP contribution >= 0.6 is 0 Å². The Morgan fingerprint density at radius 3 is 1.33 bits per heavy atom. The van der Waals surface area contributed by atoms with Gasteiger partial charge in [-0.1, -0.05) is 23.7 Å². The van der Waals surface area contributed by atoms with E-state index in [1.54, 1.807) is 11.8 Å². The van der Waals surface area contributed by atoms with Crippen LogP contribution in [0.4, 0.5) is 0 Å². The highest BCUT2D eigenvalue weighted by Gasteiger charge is 2.03. The van der Waals surface area contributed by atoms with Crippen molar-refractivity contribution >= 4 is 23.9 Å². The van der Waals surface area contributed by atoms with Gasteiger partial charge in [0.25, 0.3) is 0 Å². The van der Waals surface area contributed by atoms with E-state index in [0.717, 1.165) is 0 Å². The van der Waals surface area contributed by atoms with Crippen LogP contribution in [0.2, 0.25) is 0 Å². The van der Waals surface area contributed by atoms with Gasteiger partial charge in [-0.3, -0.25) is 0 Å². The van der Waals surface area contributed by atoms with E-state index in [-0.39, 0.29) is 12.8 Å². The van der Waals surface area contributed by atoms with Crippen LogP contribution in [0.25, 0.3) is 0 Å². The summed E-state index contributed by atoms with van der Waals surface area (Å²) < 4.78 is 4.15. The Morgan fingerprint density at radius 1 is 0.667 bits per heavy atom. The monoisotopic (exact) mass is 286 g/mol. The summed E-state index contributed by atoms with van der Waals surface area (Å²) in [6.45, 7) is 0. The van der Waals surface area contributed by atoms with Crippen LogP contribution in [0.15, 0.2) is 0 Å². The normalized spacial score (nSPS) is 7.05. The maximum Gasteiger partial charge on any atom is 0.392 e. The van der Waals surface area contributed by atoms with Gasteiger partial charge >= 0.3 is 23.9 Å². The van der Waals surface area contributed by atoms with Gasteiger partial charge in [0.05, 0.1) is 12.8 Å². The number of hydrogen-bond acceptors (Lipinski definition) is 5. The van der Waals surface area contributed by atoms with Crippen molar-refractivity contribution in [3.63, 3.8) is 0 Å². The quantitative estimate of drug-likeness (QED) is 0.254. The van der Waals surface area contributed by atoms with Crippen molar-refractivity contribution in [3.05, 3.63) is 0 Å². The molecule has 0 aliphatic heterocycles. The van der Waals surface area contributed by atoms with E-state index in [0.29, 0.717) is 0 Å². The fourth-order valence-electron chi connectivity index (χ4n) is 0.696. The molecule has 0 amide bonds. The first-order chi connectivity index (χ1) is 9.91. The number of carboxylic acids is 2. The number of carbonyl (C=O) groups is 4. The highest BCUT2D eigenvalue weighted by molar-refractivity contribution is 6.02. The molecule has 7 nitrogen and oxygen atoms in total. The van der Waals surface area contributed by atoms with Crippen LogP contribution in [0.1, 0.15) is 12.8 Å². The lowest BCUT2D eigenvalue weighted by atomic mass is 10.4. The summed E-state index contributed by atoms with van der Waals surface area (Å²) in [4.78, 5) is 42.0. The molecule has 0 unspecified atom stereocenters. The molecule has 104 valence electrons. The van der Waals surface area contributed by atoms with Crippen LogP contribution in [-0.2, 0) is 23.9 Å². The zero-order chi connectivity index (χ0) is 16.1. The lowest BCUT2D eigenvalue weighted by molar-refractivity contribution is -0.151. The Bertz CT molecular complexity index is 637. The summed E-state index contributed by atoms with van der Waals surface area (Å²) in [5, 5.41) is 16.4. The first-order valence-corrected chi connectivity index (χ1v) is 5.09. The molecule has 0 spiro atoms. The van der Waals surface area contributed by atoms with Crippen molar-refractivity contribution in [2.75, 3.05) is 0 Å². The highest BCUT2D eigenvalue weighted by atomic mass is 16.6. The van der Waals surface area contributed by atoms with Gasteiger partial charge in [0.15, 0.2) is 0 Å². The van der Waals surface area contributed by atoms with Crippen molar-refractivity contribution in [3.8, 4) is 47.4 Å². The highest BCUT2D eigenvalue weighted by Crippen LogP contribution is 1.80. The second-order valence-corrected chi connectivity index (χ2v) is 2.85. The molecule has 0 fully saturated rings. The summed E-state index contributed by atoms with van der Waals surface area (Å²) >= 11 is 0. The van der Waals surface area contributed by atoms with E-state index < -0.39 is 23.9 Å². The number of rotatable bonds is 0. The van der Waals surface area contributed by atoms with Crippen LogP contribution < -0.4 is 0 Å². The van der Waals surface area contributed by atoms with Gasteiger partial charge in [0.1, 0.15) is 0 Å². The second kappa shape index (κ2) is 10.3. The minimum Gasteiger partial charge on any atom is -0.472 e. The minimum atomic E-state index is -1.32. The third-order valence-corrected chi connectivity index (χ3v) is 1.31. The number of carboxylic acid groups (broad SMARTS) is 2. The molecule has 0 aliphatic carbocycles. The molecule has 0 radical (unpaired) electrons. The van der Waals surface area contributed by atoms with Gasteiger partial charge in [0, 0.05) is 23.7 Å². The number of esters is 2. The molecule has 0 rings (SSSR count). The number of aliphatic carboxylic acids is 2. The van der Waals surface area contributed by atoms with E-state index >= 15 is 0 Å². The fraction of sp³-hybridized carbons (Fsp3) is 0.143. The van der Waals surface area contributed by atoms with Crippen LogP contribution in [0.5, 0.6) is 0 Å². The predicted molar refractivity (Wildman–Crippen MR) is 66.7 cm³/mol. The van der Waals surface area contributed by atoms with Crippen molar-refractivity contribution in [1.82, 2.24) is 0 Å². The Kier molecular flexibility index (Phi) is 8.46. The van der Waals surface area contributed by atoms with Crippen molar-refractivity contribution in [1.29, 1.82) is 0 Å². The molecule has 0 aromatic rings. The van der Waals surface area contributed by atoms with E-state index in [4.69, 9.17) is 10.2 Å². The molecule has 0 bridgehead atoms. The molecular formula is C14H6O7. The fourth-order valence-corrected chi connectivity index (χ4v) is 0.696. The first kappa shape index (κ1) is 17.3. The summed E-state index contributed by atoms with van der Waals surface area (Å²) in [5.41, 5.74) is 0. The van der Waals surface area contributed by atoms with Crippen molar-refractivity contribution in [2.45, 2.75) is 12.8 Å². The summed E-state index contributed by atoms with van der Waals surface area (Å²) in [7, 11) is 0. The molecule has 0 aromatic carbocycles. The van der Waals surface area contributed by atoms with Gasteiger partial charge in [0.2, 0.25) is 0 Å². The number of ether oxygens (including phenoxy) is 1. The van der Waals surface area contributed by atoms with Gasteiger partial charge < -0.3 is 14.9 Å². The average Bonchev–Trinajstić information content (AvgIpc) is 2.37. The Hall–Kier alpha value is -3.68. The summed E-state index contributed by atoms with van der Waals surface area (Å²) in [5.74, 6) is 11.0. The Balaban J connectivity index is 4.22. The molecule has 0 saturated heterocycles. The zero-order valence-electron chi connectivity index (χ0n) is 10.3. The van der Waals surface area contributed by atoms with Crippen molar-refractivity contribution < 1.29 is 34.1 Å². The number of hydrogen-bond donors (Lipinski definition) is 2. The lowest BCUT2D eigenvalue weighted by Crippen LogP contribution is -2.07. The van der Waals surface area contributed by atoms with E-state index in [1.165, 1.54) is 0 Å². The van der Waals surface area contributed by atoms with Gasteiger partial charge in [-0.25, -0.2) is 19.2 Å². The van der Waals surface area contributed by atoms with Crippen LogP contribution in [-0.4, -0.2) is 34.1 Å². The summed E-state index contributed by atoms with van der Waals surface area (Å²) in [6.07, 6.45) is -0.349. The molecule has 0 aromatic heterocycles. The lowest BCUT2D eigenvalue weighted by Gasteiger charge is -1.88. The molecule has 7 heteroatoms.